The first-order valence-electron chi connectivity index (χ1n) is 4.11. The third-order valence-electron chi connectivity index (χ3n) is 1.48. The summed E-state index contributed by atoms with van der Waals surface area (Å²) >= 11 is 1.85. The lowest BCUT2D eigenvalue weighted by Gasteiger charge is -2.13. The molecule has 0 spiro atoms. The Kier molecular flexibility index (Phi) is 4.00. The second-order valence-electron chi connectivity index (χ2n) is 2.87. The van der Waals surface area contributed by atoms with Crippen molar-refractivity contribution < 1.29 is 22.7 Å². The molecule has 1 N–H and O–H groups in total. The molecule has 1 amide bonds. The second-order valence-corrected chi connectivity index (χ2v) is 4.12. The van der Waals surface area contributed by atoms with Crippen molar-refractivity contribution in [3.8, 4) is 5.75 Å². The average Bonchev–Trinajstić information content (AvgIpc) is 2.06. The molecule has 7 heteroatoms. The first-order valence-corrected chi connectivity index (χ1v) is 5.19. The number of alkyl halides is 3. The van der Waals surface area contributed by atoms with Crippen LogP contribution in [0.25, 0.3) is 0 Å². The number of carbonyl (C=O) groups is 1. The number of benzene rings is 1. The van der Waals surface area contributed by atoms with E-state index >= 15 is 0 Å². The van der Waals surface area contributed by atoms with Crippen LogP contribution in [0.5, 0.6) is 5.75 Å². The maximum Gasteiger partial charge on any atom is 0.573 e. The van der Waals surface area contributed by atoms with Crippen molar-refractivity contribution >= 4 is 34.2 Å². The summed E-state index contributed by atoms with van der Waals surface area (Å²) in [5, 5.41) is 2.26. The van der Waals surface area contributed by atoms with E-state index in [1.165, 1.54) is 19.1 Å². The van der Waals surface area contributed by atoms with Gasteiger partial charge in [-0.05, 0) is 40.8 Å². The van der Waals surface area contributed by atoms with Crippen LogP contribution >= 0.6 is 22.6 Å². The van der Waals surface area contributed by atoms with E-state index in [-0.39, 0.29) is 5.69 Å². The molecule has 0 aliphatic heterocycles. The Labute approximate surface area is 103 Å². The van der Waals surface area contributed by atoms with Crippen LogP contribution in [0.4, 0.5) is 18.9 Å². The third-order valence-corrected chi connectivity index (χ3v) is 2.15. The minimum atomic E-state index is -4.78. The molecule has 3 nitrogen and oxygen atoms in total. The molecule has 0 unspecified atom stereocenters. The zero-order chi connectivity index (χ0) is 12.3. The minimum absolute atomic E-state index is 0.00904. The Morgan fingerprint density at radius 2 is 2.06 bits per heavy atom. The lowest BCUT2D eigenvalue weighted by Crippen LogP contribution is -2.19. The van der Waals surface area contributed by atoms with Crippen molar-refractivity contribution in [2.45, 2.75) is 13.3 Å². The van der Waals surface area contributed by atoms with Gasteiger partial charge in [0.05, 0.1) is 5.69 Å². The number of rotatable bonds is 2. The molecule has 0 aliphatic rings. The number of halogens is 4. The predicted octanol–water partition coefficient (Wildman–Crippen LogP) is 3.15. The molecular formula is C9H7F3INO2. The van der Waals surface area contributed by atoms with Crippen LogP contribution in [0.15, 0.2) is 18.2 Å². The molecule has 0 aliphatic carbocycles. The van der Waals surface area contributed by atoms with Crippen LogP contribution in [-0.2, 0) is 4.79 Å². The maximum atomic E-state index is 12.1. The zero-order valence-electron chi connectivity index (χ0n) is 8.06. The highest BCUT2D eigenvalue weighted by Gasteiger charge is 2.32. The Morgan fingerprint density at radius 1 is 1.44 bits per heavy atom. The number of nitrogens with one attached hydrogen (secondary N) is 1. The second kappa shape index (κ2) is 4.89. The van der Waals surface area contributed by atoms with Crippen molar-refractivity contribution in [2.75, 3.05) is 5.32 Å². The van der Waals surface area contributed by atoms with Crippen molar-refractivity contribution in [1.29, 1.82) is 0 Å². The molecule has 0 bridgehead atoms. The topological polar surface area (TPSA) is 38.3 Å². The van der Waals surface area contributed by atoms with Gasteiger partial charge in [0.25, 0.3) is 0 Å². The van der Waals surface area contributed by atoms with E-state index in [1.54, 1.807) is 6.07 Å². The zero-order valence-corrected chi connectivity index (χ0v) is 10.2. The first-order chi connectivity index (χ1) is 7.28. The van der Waals surface area contributed by atoms with Gasteiger partial charge < -0.3 is 10.1 Å². The van der Waals surface area contributed by atoms with Crippen molar-refractivity contribution in [3.63, 3.8) is 0 Å². The largest absolute Gasteiger partial charge is 0.573 e. The molecule has 0 heterocycles. The van der Waals surface area contributed by atoms with Crippen LogP contribution in [-0.4, -0.2) is 12.3 Å². The third kappa shape index (κ3) is 4.25. The van der Waals surface area contributed by atoms with Crippen LogP contribution in [0.2, 0.25) is 0 Å². The van der Waals surface area contributed by atoms with Gasteiger partial charge in [-0.25, -0.2) is 0 Å². The Bertz CT molecular complexity index is 406. The average molecular weight is 345 g/mol. The fourth-order valence-electron chi connectivity index (χ4n) is 0.998. The predicted molar refractivity (Wildman–Crippen MR) is 60.1 cm³/mol. The van der Waals surface area contributed by atoms with E-state index in [2.05, 4.69) is 10.1 Å². The standard InChI is InChI=1S/C9H7F3INO2/c1-5(15)14-7-3-2-6(13)4-8(7)16-9(10,11)12/h2-4H,1H3,(H,14,15). The van der Waals surface area contributed by atoms with Gasteiger partial charge in [-0.3, -0.25) is 4.79 Å². The van der Waals surface area contributed by atoms with Crippen LogP contribution < -0.4 is 10.1 Å². The SMILES string of the molecule is CC(=O)Nc1ccc(I)cc1OC(F)(F)F. The fraction of sp³-hybridized carbons (Fsp3) is 0.222. The Morgan fingerprint density at radius 3 is 2.56 bits per heavy atom. The van der Waals surface area contributed by atoms with Gasteiger partial charge in [0, 0.05) is 10.5 Å². The van der Waals surface area contributed by atoms with E-state index in [0.717, 1.165) is 0 Å². The summed E-state index contributed by atoms with van der Waals surface area (Å²) in [4.78, 5) is 10.8. The highest BCUT2D eigenvalue weighted by atomic mass is 127. The highest BCUT2D eigenvalue weighted by Crippen LogP contribution is 2.31. The van der Waals surface area contributed by atoms with E-state index < -0.39 is 18.0 Å². The normalized spacial score (nSPS) is 11.1. The quantitative estimate of drug-likeness (QED) is 0.837. The summed E-state index contributed by atoms with van der Waals surface area (Å²) < 4.78 is 40.5. The summed E-state index contributed by atoms with van der Waals surface area (Å²) in [5.74, 6) is -0.886. The number of hydrogen-bond donors (Lipinski definition) is 1. The summed E-state index contributed by atoms with van der Waals surface area (Å²) in [6.07, 6.45) is -4.78. The van der Waals surface area contributed by atoms with Crippen LogP contribution in [0.1, 0.15) is 6.92 Å². The molecule has 0 atom stereocenters. The van der Waals surface area contributed by atoms with E-state index in [9.17, 15) is 18.0 Å². The monoisotopic (exact) mass is 345 g/mol. The number of ether oxygens (including phenoxy) is 1. The summed E-state index contributed by atoms with van der Waals surface area (Å²) in [7, 11) is 0. The lowest BCUT2D eigenvalue weighted by atomic mass is 10.3. The minimum Gasteiger partial charge on any atom is -0.404 e. The van der Waals surface area contributed by atoms with Crippen LogP contribution in [0, 0.1) is 3.57 Å². The summed E-state index contributed by atoms with van der Waals surface area (Å²) in [5.41, 5.74) is -0.00904. The molecule has 16 heavy (non-hydrogen) atoms. The number of anilines is 1. The molecule has 1 rings (SSSR count). The van der Waals surface area contributed by atoms with Crippen molar-refractivity contribution in [3.05, 3.63) is 21.8 Å². The van der Waals surface area contributed by atoms with Crippen LogP contribution in [0.3, 0.4) is 0 Å². The molecular weight excluding hydrogens is 338 g/mol. The Hall–Kier alpha value is -0.990. The molecule has 0 radical (unpaired) electrons. The smallest absolute Gasteiger partial charge is 0.404 e. The molecule has 1 aromatic rings. The first kappa shape index (κ1) is 13.1. The molecule has 0 saturated heterocycles. The van der Waals surface area contributed by atoms with Crippen molar-refractivity contribution in [2.24, 2.45) is 0 Å². The summed E-state index contributed by atoms with van der Waals surface area (Å²) in [6.45, 7) is 1.20. The number of carbonyl (C=O) groups excluding carboxylic acids is 1. The molecule has 1 aromatic carbocycles. The molecule has 88 valence electrons. The number of amides is 1. The Balaban J connectivity index is 3.03. The maximum absolute atomic E-state index is 12.1. The fourth-order valence-corrected chi connectivity index (χ4v) is 1.46. The van der Waals surface area contributed by atoms with Gasteiger partial charge in [0.1, 0.15) is 0 Å². The molecule has 0 fully saturated rings. The van der Waals surface area contributed by atoms with Crippen molar-refractivity contribution in [1.82, 2.24) is 0 Å². The van der Waals surface area contributed by atoms with E-state index in [0.29, 0.717) is 3.57 Å². The van der Waals surface area contributed by atoms with Gasteiger partial charge >= 0.3 is 6.36 Å². The van der Waals surface area contributed by atoms with Gasteiger partial charge in [-0.1, -0.05) is 0 Å². The van der Waals surface area contributed by atoms with Gasteiger partial charge in [0.15, 0.2) is 5.75 Å². The van der Waals surface area contributed by atoms with Gasteiger partial charge in [-0.15, -0.1) is 13.2 Å². The van der Waals surface area contributed by atoms with Gasteiger partial charge in [-0.2, -0.15) is 0 Å². The summed E-state index contributed by atoms with van der Waals surface area (Å²) in [6, 6.07) is 4.11. The van der Waals surface area contributed by atoms with E-state index in [1.807, 2.05) is 22.6 Å². The van der Waals surface area contributed by atoms with E-state index in [4.69, 9.17) is 0 Å². The van der Waals surface area contributed by atoms with Gasteiger partial charge in [0.2, 0.25) is 5.91 Å². The molecule has 0 aromatic heterocycles. The lowest BCUT2D eigenvalue weighted by molar-refractivity contribution is -0.274. The highest BCUT2D eigenvalue weighted by molar-refractivity contribution is 14.1. The molecule has 0 saturated carbocycles. The number of hydrogen-bond acceptors (Lipinski definition) is 2.